The van der Waals surface area contributed by atoms with E-state index in [1.807, 2.05) is 0 Å². The van der Waals surface area contributed by atoms with Crippen LogP contribution in [0.5, 0.6) is 0 Å². The molecular weight excluding hydrogens is 215 g/mol. The Balaban J connectivity index is 2.90. The quantitative estimate of drug-likeness (QED) is 0.711. The molecule has 0 aliphatic carbocycles. The predicted molar refractivity (Wildman–Crippen MR) is 55.6 cm³/mol. The van der Waals surface area contributed by atoms with Gasteiger partial charge in [-0.1, -0.05) is 0 Å². The van der Waals surface area contributed by atoms with E-state index in [9.17, 15) is 14.0 Å². The topological polar surface area (TPSA) is 92.4 Å². The Morgan fingerprint density at radius 3 is 2.56 bits per heavy atom. The molecule has 4 N–H and O–H groups in total. The average molecular weight is 226 g/mol. The molecule has 1 rings (SSSR count). The van der Waals surface area contributed by atoms with Gasteiger partial charge in [0.25, 0.3) is 0 Å². The third kappa shape index (κ3) is 2.77. The Morgan fingerprint density at radius 1 is 1.50 bits per heavy atom. The first kappa shape index (κ1) is 12.1. The molecule has 0 spiro atoms. The number of carbonyl (C=O) groups is 2. The molecule has 1 amide bonds. The standard InChI is InChI=1S/C10H11FN2O3/c1-5(12)9(14)13-6-2-3-7(10(15)16)8(11)4-6/h2-5H,12H2,1H3,(H,13,14)(H,15,16). The number of halogens is 1. The van der Waals surface area contributed by atoms with Crippen molar-refractivity contribution in [3.8, 4) is 0 Å². The van der Waals surface area contributed by atoms with E-state index >= 15 is 0 Å². The lowest BCUT2D eigenvalue weighted by Gasteiger charge is -2.08. The Kier molecular flexibility index (Phi) is 3.57. The molecule has 6 heteroatoms. The molecule has 0 bridgehead atoms. The molecule has 0 aliphatic heterocycles. The first-order valence-electron chi connectivity index (χ1n) is 4.51. The van der Waals surface area contributed by atoms with Gasteiger partial charge in [0.15, 0.2) is 0 Å². The molecule has 0 aliphatic rings. The number of hydrogen-bond acceptors (Lipinski definition) is 3. The highest BCUT2D eigenvalue weighted by Gasteiger charge is 2.12. The molecule has 0 fully saturated rings. The maximum atomic E-state index is 13.2. The van der Waals surface area contributed by atoms with E-state index in [1.54, 1.807) is 0 Å². The van der Waals surface area contributed by atoms with Crippen LogP contribution in [0.4, 0.5) is 10.1 Å². The Morgan fingerprint density at radius 2 is 2.12 bits per heavy atom. The Labute approximate surface area is 91.1 Å². The van der Waals surface area contributed by atoms with Gasteiger partial charge in [-0.3, -0.25) is 4.79 Å². The van der Waals surface area contributed by atoms with E-state index in [0.717, 1.165) is 12.1 Å². The predicted octanol–water partition coefficient (Wildman–Crippen LogP) is 0.810. The Bertz CT molecular complexity index is 432. The number of nitrogens with two attached hydrogens (primary N) is 1. The molecule has 0 saturated carbocycles. The van der Waals surface area contributed by atoms with E-state index < -0.39 is 29.3 Å². The van der Waals surface area contributed by atoms with Gasteiger partial charge in [0.1, 0.15) is 5.82 Å². The van der Waals surface area contributed by atoms with E-state index in [2.05, 4.69) is 5.32 Å². The number of anilines is 1. The minimum atomic E-state index is -1.36. The molecule has 16 heavy (non-hydrogen) atoms. The summed E-state index contributed by atoms with van der Waals surface area (Å²) in [4.78, 5) is 21.7. The van der Waals surface area contributed by atoms with Gasteiger partial charge < -0.3 is 16.2 Å². The van der Waals surface area contributed by atoms with Crippen molar-refractivity contribution in [3.63, 3.8) is 0 Å². The molecular formula is C10H11FN2O3. The minimum absolute atomic E-state index is 0.171. The molecule has 1 aromatic carbocycles. The van der Waals surface area contributed by atoms with E-state index in [-0.39, 0.29) is 5.69 Å². The van der Waals surface area contributed by atoms with Crippen LogP contribution in [-0.2, 0) is 4.79 Å². The number of carbonyl (C=O) groups excluding carboxylic acids is 1. The summed E-state index contributed by atoms with van der Waals surface area (Å²) in [6.45, 7) is 1.48. The number of nitrogens with one attached hydrogen (secondary N) is 1. The lowest BCUT2D eigenvalue weighted by Crippen LogP contribution is -2.32. The molecule has 0 saturated heterocycles. The van der Waals surface area contributed by atoms with E-state index in [1.165, 1.54) is 13.0 Å². The first-order chi connectivity index (χ1) is 7.41. The lowest BCUT2D eigenvalue weighted by atomic mass is 10.2. The third-order valence-corrected chi connectivity index (χ3v) is 1.88. The smallest absolute Gasteiger partial charge is 0.338 e. The summed E-state index contributed by atoms with van der Waals surface area (Å²) >= 11 is 0. The normalized spacial score (nSPS) is 11.9. The zero-order chi connectivity index (χ0) is 12.3. The van der Waals surface area contributed by atoms with Crippen molar-refractivity contribution < 1.29 is 19.1 Å². The Hall–Kier alpha value is -1.95. The summed E-state index contributed by atoms with van der Waals surface area (Å²) in [5, 5.41) is 10.9. The van der Waals surface area contributed by atoms with Gasteiger partial charge in [-0.15, -0.1) is 0 Å². The summed E-state index contributed by atoms with van der Waals surface area (Å²) in [7, 11) is 0. The summed E-state index contributed by atoms with van der Waals surface area (Å²) < 4.78 is 13.2. The number of carboxylic acid groups (broad SMARTS) is 1. The van der Waals surface area contributed by atoms with Crippen LogP contribution >= 0.6 is 0 Å². The molecule has 1 unspecified atom stereocenters. The number of carboxylic acids is 1. The first-order valence-corrected chi connectivity index (χ1v) is 4.51. The van der Waals surface area contributed by atoms with Crippen LogP contribution in [0.1, 0.15) is 17.3 Å². The van der Waals surface area contributed by atoms with Crippen molar-refractivity contribution in [2.75, 3.05) is 5.32 Å². The number of aromatic carboxylic acids is 1. The fraction of sp³-hybridized carbons (Fsp3) is 0.200. The average Bonchev–Trinajstić information content (AvgIpc) is 2.16. The second kappa shape index (κ2) is 4.71. The SMILES string of the molecule is CC(N)C(=O)Nc1ccc(C(=O)O)c(F)c1. The maximum absolute atomic E-state index is 13.2. The van der Waals surface area contributed by atoms with Crippen molar-refractivity contribution in [1.82, 2.24) is 0 Å². The number of hydrogen-bond donors (Lipinski definition) is 3. The van der Waals surface area contributed by atoms with Gasteiger partial charge in [-0.25, -0.2) is 9.18 Å². The third-order valence-electron chi connectivity index (χ3n) is 1.88. The van der Waals surface area contributed by atoms with E-state index in [4.69, 9.17) is 10.8 Å². The lowest BCUT2D eigenvalue weighted by molar-refractivity contribution is -0.117. The summed E-state index contributed by atoms with van der Waals surface area (Å²) in [5.74, 6) is -2.74. The maximum Gasteiger partial charge on any atom is 0.338 e. The summed E-state index contributed by atoms with van der Waals surface area (Å²) in [6, 6.07) is 2.59. The number of amides is 1. The van der Waals surface area contributed by atoms with Crippen LogP contribution in [0, 0.1) is 5.82 Å². The molecule has 0 radical (unpaired) electrons. The van der Waals surface area contributed by atoms with Crippen molar-refractivity contribution in [3.05, 3.63) is 29.6 Å². The molecule has 5 nitrogen and oxygen atoms in total. The van der Waals surface area contributed by atoms with Crippen molar-refractivity contribution in [1.29, 1.82) is 0 Å². The van der Waals surface area contributed by atoms with Crippen LogP contribution in [0.25, 0.3) is 0 Å². The molecule has 0 aromatic heterocycles. The zero-order valence-electron chi connectivity index (χ0n) is 8.53. The van der Waals surface area contributed by atoms with Crippen molar-refractivity contribution in [2.24, 2.45) is 5.73 Å². The second-order valence-corrected chi connectivity index (χ2v) is 3.28. The zero-order valence-corrected chi connectivity index (χ0v) is 8.53. The highest BCUT2D eigenvalue weighted by Crippen LogP contribution is 2.14. The summed E-state index contributed by atoms with van der Waals surface area (Å²) in [5.41, 5.74) is 5.03. The van der Waals surface area contributed by atoms with Gasteiger partial charge in [0.05, 0.1) is 11.6 Å². The largest absolute Gasteiger partial charge is 0.478 e. The van der Waals surface area contributed by atoms with Gasteiger partial charge in [0.2, 0.25) is 5.91 Å². The van der Waals surface area contributed by atoms with Gasteiger partial charge in [-0.2, -0.15) is 0 Å². The van der Waals surface area contributed by atoms with E-state index in [0.29, 0.717) is 0 Å². The minimum Gasteiger partial charge on any atom is -0.478 e. The van der Waals surface area contributed by atoms with Gasteiger partial charge >= 0.3 is 5.97 Å². The highest BCUT2D eigenvalue weighted by molar-refractivity contribution is 5.95. The van der Waals surface area contributed by atoms with Crippen LogP contribution in [-0.4, -0.2) is 23.0 Å². The molecule has 86 valence electrons. The van der Waals surface area contributed by atoms with Crippen molar-refractivity contribution >= 4 is 17.6 Å². The van der Waals surface area contributed by atoms with Crippen LogP contribution in [0.2, 0.25) is 0 Å². The van der Waals surface area contributed by atoms with Gasteiger partial charge in [0, 0.05) is 5.69 Å². The molecule has 1 aromatic rings. The van der Waals surface area contributed by atoms with Crippen LogP contribution < -0.4 is 11.1 Å². The van der Waals surface area contributed by atoms with Gasteiger partial charge in [-0.05, 0) is 25.1 Å². The molecule has 1 atom stereocenters. The fourth-order valence-corrected chi connectivity index (χ4v) is 1.02. The molecule has 0 heterocycles. The monoisotopic (exact) mass is 226 g/mol. The second-order valence-electron chi connectivity index (χ2n) is 3.28. The fourth-order valence-electron chi connectivity index (χ4n) is 1.02. The van der Waals surface area contributed by atoms with Crippen LogP contribution in [0.15, 0.2) is 18.2 Å². The number of rotatable bonds is 3. The highest BCUT2D eigenvalue weighted by atomic mass is 19.1. The van der Waals surface area contributed by atoms with Crippen LogP contribution in [0.3, 0.4) is 0 Å². The summed E-state index contributed by atoms with van der Waals surface area (Å²) in [6.07, 6.45) is 0. The number of benzene rings is 1. The van der Waals surface area contributed by atoms with Crippen molar-refractivity contribution in [2.45, 2.75) is 13.0 Å².